The molecule has 0 atom stereocenters. The number of aryl methyl sites for hydroxylation is 1. The number of aromatic nitrogens is 2. The van der Waals surface area contributed by atoms with Crippen LogP contribution in [0.25, 0.3) is 16.7 Å². The molecule has 0 bridgehead atoms. The van der Waals surface area contributed by atoms with Crippen molar-refractivity contribution in [2.75, 3.05) is 35.7 Å². The number of allylic oxidation sites excluding steroid dienone is 1. The summed E-state index contributed by atoms with van der Waals surface area (Å²) in [5.41, 5.74) is 8.85. The fraction of sp³-hybridized carbons (Fsp3) is 0.314. The first kappa shape index (κ1) is 33.9. The van der Waals surface area contributed by atoms with Gasteiger partial charge in [-0.1, -0.05) is 40.0 Å². The zero-order chi connectivity index (χ0) is 30.1. The molecule has 1 fully saturated rings. The maximum absolute atomic E-state index is 4.53. The van der Waals surface area contributed by atoms with Gasteiger partial charge >= 0.3 is 0 Å². The summed E-state index contributed by atoms with van der Waals surface area (Å²) in [5.74, 6) is 0.833. The Bertz CT molecular complexity index is 1190. The van der Waals surface area contributed by atoms with Crippen LogP contribution in [0.2, 0.25) is 0 Å². The topological polar surface area (TPSA) is 53.1 Å². The fourth-order valence-electron chi connectivity index (χ4n) is 4.06. The molecule has 1 aromatic carbocycles. The van der Waals surface area contributed by atoms with Crippen molar-refractivity contribution in [2.24, 2.45) is 5.92 Å². The summed E-state index contributed by atoms with van der Waals surface area (Å²) < 4.78 is 0. The van der Waals surface area contributed by atoms with Crippen LogP contribution >= 0.6 is 0 Å². The van der Waals surface area contributed by atoms with Gasteiger partial charge in [0.25, 0.3) is 0 Å². The van der Waals surface area contributed by atoms with Gasteiger partial charge in [0.1, 0.15) is 0 Å². The summed E-state index contributed by atoms with van der Waals surface area (Å²) in [6.07, 6.45) is 9.52. The Balaban J connectivity index is 0.000000902. The standard InChI is InChI=1S/C27H31N5.C4H10.2C2H4/c1-19-8-10-24(17-30-19)31-21(3)20(2)26-15-22(9-11-27(26)28-4)23-14-25(18-29-16-23)32-12-6-5-7-13-32;1-4(2)3;2*1-2/h8-11,14-18,28,31H,2-3,5-7,12-13H2,1,4H3;4H,1-3H3;2*1-2H2. The molecule has 0 unspecified atom stereocenters. The van der Waals surface area contributed by atoms with Crippen LogP contribution < -0.4 is 15.5 Å². The quantitative estimate of drug-likeness (QED) is 0.231. The highest BCUT2D eigenvalue weighted by Crippen LogP contribution is 2.33. The molecule has 40 heavy (non-hydrogen) atoms. The molecule has 214 valence electrons. The number of rotatable bonds is 7. The van der Waals surface area contributed by atoms with E-state index in [1.165, 1.54) is 24.9 Å². The predicted octanol–water partition coefficient (Wildman–Crippen LogP) is 9.39. The summed E-state index contributed by atoms with van der Waals surface area (Å²) in [5, 5.41) is 6.61. The van der Waals surface area contributed by atoms with Crippen molar-refractivity contribution in [2.45, 2.75) is 47.0 Å². The third-order valence-corrected chi connectivity index (χ3v) is 5.96. The monoisotopic (exact) mass is 539 g/mol. The lowest BCUT2D eigenvalue weighted by Crippen LogP contribution is -2.29. The van der Waals surface area contributed by atoms with Crippen LogP contribution in [0, 0.1) is 12.8 Å². The highest BCUT2D eigenvalue weighted by molar-refractivity contribution is 5.88. The number of benzene rings is 1. The van der Waals surface area contributed by atoms with E-state index in [2.05, 4.69) is 110 Å². The molecule has 3 aromatic rings. The second kappa shape index (κ2) is 18.2. The largest absolute Gasteiger partial charge is 0.388 e. The van der Waals surface area contributed by atoms with Crippen molar-refractivity contribution in [3.63, 3.8) is 0 Å². The third-order valence-electron chi connectivity index (χ3n) is 5.96. The Kier molecular flexibility index (Phi) is 15.4. The van der Waals surface area contributed by atoms with Gasteiger partial charge in [-0.15, -0.1) is 26.3 Å². The van der Waals surface area contributed by atoms with Crippen LogP contribution in [-0.2, 0) is 0 Å². The molecule has 5 heteroatoms. The summed E-state index contributed by atoms with van der Waals surface area (Å²) in [6.45, 7) is 31.2. The van der Waals surface area contributed by atoms with E-state index in [1.807, 2.05) is 38.5 Å². The maximum atomic E-state index is 4.53. The van der Waals surface area contributed by atoms with E-state index < -0.39 is 0 Å². The van der Waals surface area contributed by atoms with Gasteiger partial charge in [0.2, 0.25) is 0 Å². The van der Waals surface area contributed by atoms with Crippen LogP contribution in [0.15, 0.2) is 100 Å². The molecule has 0 spiro atoms. The summed E-state index contributed by atoms with van der Waals surface area (Å²) in [6, 6.07) is 12.6. The van der Waals surface area contributed by atoms with E-state index in [4.69, 9.17) is 0 Å². The number of nitrogens with zero attached hydrogens (tertiary/aromatic N) is 3. The zero-order valence-corrected chi connectivity index (χ0v) is 25.4. The molecule has 0 amide bonds. The van der Waals surface area contributed by atoms with Crippen molar-refractivity contribution >= 4 is 22.6 Å². The lowest BCUT2D eigenvalue weighted by molar-refractivity contribution is 0.577. The van der Waals surface area contributed by atoms with Crippen molar-refractivity contribution in [1.29, 1.82) is 0 Å². The average molecular weight is 540 g/mol. The van der Waals surface area contributed by atoms with Gasteiger partial charge in [-0.3, -0.25) is 9.97 Å². The molecule has 0 radical (unpaired) electrons. The van der Waals surface area contributed by atoms with E-state index in [0.717, 1.165) is 64.0 Å². The highest BCUT2D eigenvalue weighted by Gasteiger charge is 2.14. The first-order chi connectivity index (χ1) is 19.3. The first-order valence-corrected chi connectivity index (χ1v) is 13.9. The predicted molar refractivity (Wildman–Crippen MR) is 179 cm³/mol. The number of nitrogens with one attached hydrogen (secondary N) is 2. The second-order valence-electron chi connectivity index (χ2n) is 9.99. The number of piperidine rings is 1. The maximum Gasteiger partial charge on any atom is 0.0570 e. The highest BCUT2D eigenvalue weighted by atomic mass is 15.1. The van der Waals surface area contributed by atoms with Gasteiger partial charge in [0.15, 0.2) is 0 Å². The molecule has 2 aromatic heterocycles. The fourth-order valence-corrected chi connectivity index (χ4v) is 4.06. The van der Waals surface area contributed by atoms with Gasteiger partial charge < -0.3 is 15.5 Å². The normalized spacial score (nSPS) is 11.9. The summed E-state index contributed by atoms with van der Waals surface area (Å²) >= 11 is 0. The Morgan fingerprint density at radius 3 is 2.08 bits per heavy atom. The van der Waals surface area contributed by atoms with Crippen molar-refractivity contribution in [1.82, 2.24) is 9.97 Å². The molecule has 1 aliphatic heterocycles. The Hall–Kier alpha value is -4.12. The lowest BCUT2D eigenvalue weighted by atomic mass is 9.97. The number of hydrogen-bond donors (Lipinski definition) is 2. The Labute approximate surface area is 243 Å². The van der Waals surface area contributed by atoms with Crippen LogP contribution in [0.3, 0.4) is 0 Å². The molecule has 4 rings (SSSR count). The van der Waals surface area contributed by atoms with Crippen LogP contribution in [0.1, 0.15) is 51.3 Å². The lowest BCUT2D eigenvalue weighted by Gasteiger charge is -2.28. The van der Waals surface area contributed by atoms with Gasteiger partial charge in [0.05, 0.1) is 23.8 Å². The SMILES string of the molecule is C=C.C=C.C=C(Nc1ccc(C)nc1)C(=C)c1cc(-c2cncc(N3CCCCC3)c2)ccc1NC.CC(C)C. The van der Waals surface area contributed by atoms with Gasteiger partial charge in [-0.25, -0.2) is 0 Å². The smallest absolute Gasteiger partial charge is 0.0570 e. The molecule has 0 saturated carbocycles. The van der Waals surface area contributed by atoms with E-state index in [-0.39, 0.29) is 0 Å². The van der Waals surface area contributed by atoms with Crippen molar-refractivity contribution in [3.8, 4) is 11.1 Å². The van der Waals surface area contributed by atoms with E-state index in [1.54, 1.807) is 6.20 Å². The molecule has 0 aliphatic carbocycles. The van der Waals surface area contributed by atoms with Gasteiger partial charge in [-0.2, -0.15) is 0 Å². The number of hydrogen-bond acceptors (Lipinski definition) is 5. The average Bonchev–Trinajstić information content (AvgIpc) is 3.00. The minimum atomic E-state index is 0.740. The van der Waals surface area contributed by atoms with Crippen molar-refractivity contribution < 1.29 is 0 Å². The molecule has 3 heterocycles. The molecule has 1 aliphatic rings. The minimum absolute atomic E-state index is 0.740. The molecular formula is C35H49N5. The molecular weight excluding hydrogens is 490 g/mol. The number of pyridine rings is 2. The summed E-state index contributed by atoms with van der Waals surface area (Å²) in [4.78, 5) is 11.3. The van der Waals surface area contributed by atoms with E-state index in [9.17, 15) is 0 Å². The van der Waals surface area contributed by atoms with Gasteiger partial charge in [-0.05, 0) is 73.6 Å². The summed E-state index contributed by atoms with van der Waals surface area (Å²) in [7, 11) is 1.92. The third kappa shape index (κ3) is 10.6. The molecule has 5 nitrogen and oxygen atoms in total. The molecule has 2 N–H and O–H groups in total. The number of anilines is 3. The van der Waals surface area contributed by atoms with Crippen LogP contribution in [0.5, 0.6) is 0 Å². The van der Waals surface area contributed by atoms with Crippen LogP contribution in [0.4, 0.5) is 17.1 Å². The molecule has 1 saturated heterocycles. The van der Waals surface area contributed by atoms with Gasteiger partial charge in [0, 0.05) is 54.5 Å². The van der Waals surface area contributed by atoms with E-state index >= 15 is 0 Å². The Morgan fingerprint density at radius 2 is 1.50 bits per heavy atom. The minimum Gasteiger partial charge on any atom is -0.388 e. The second-order valence-corrected chi connectivity index (χ2v) is 9.99. The van der Waals surface area contributed by atoms with E-state index in [0.29, 0.717) is 0 Å². The Morgan fingerprint density at radius 1 is 0.850 bits per heavy atom. The first-order valence-electron chi connectivity index (χ1n) is 13.9. The zero-order valence-electron chi connectivity index (χ0n) is 25.4. The van der Waals surface area contributed by atoms with Crippen LogP contribution in [-0.4, -0.2) is 30.1 Å². The van der Waals surface area contributed by atoms with Crippen molar-refractivity contribution in [3.05, 3.63) is 111 Å².